The van der Waals surface area contributed by atoms with Crippen molar-refractivity contribution < 1.29 is 17.9 Å². The maximum absolute atomic E-state index is 12.8. The molecule has 0 saturated heterocycles. The van der Waals surface area contributed by atoms with Crippen molar-refractivity contribution in [3.63, 3.8) is 0 Å². The van der Waals surface area contributed by atoms with Crippen molar-refractivity contribution in [2.75, 3.05) is 25.5 Å². The lowest BCUT2D eigenvalue weighted by atomic mass is 10.0. The second kappa shape index (κ2) is 10.4. The number of hydrogen-bond acceptors (Lipinski definition) is 4. The van der Waals surface area contributed by atoms with Gasteiger partial charge in [-0.3, -0.25) is 4.79 Å². The smallest absolute Gasteiger partial charge is 0.243 e. The summed E-state index contributed by atoms with van der Waals surface area (Å²) in [4.78, 5) is 12.8. The van der Waals surface area contributed by atoms with Crippen molar-refractivity contribution in [2.24, 2.45) is 0 Å². The van der Waals surface area contributed by atoms with Crippen LogP contribution in [-0.2, 0) is 21.2 Å². The fourth-order valence-electron chi connectivity index (χ4n) is 3.48. The summed E-state index contributed by atoms with van der Waals surface area (Å²) < 4.78 is 32.4. The minimum Gasteiger partial charge on any atom is -0.495 e. The lowest BCUT2D eigenvalue weighted by Crippen LogP contribution is -2.30. The number of ether oxygens (including phenoxy) is 1. The highest BCUT2D eigenvalue weighted by Gasteiger charge is 2.23. The molecular weight excluding hydrogens is 424 g/mol. The van der Waals surface area contributed by atoms with Crippen LogP contribution in [0.25, 0.3) is 11.1 Å². The number of carbonyl (C=O) groups excluding carboxylic acids is 1. The second-order valence-corrected chi connectivity index (χ2v) is 9.18. The van der Waals surface area contributed by atoms with Crippen LogP contribution >= 0.6 is 0 Å². The first-order valence-corrected chi connectivity index (χ1v) is 12.0. The molecule has 0 spiro atoms. The van der Waals surface area contributed by atoms with Gasteiger partial charge in [0.15, 0.2) is 0 Å². The number of carbonyl (C=O) groups is 1. The van der Waals surface area contributed by atoms with Crippen molar-refractivity contribution in [3.8, 4) is 16.9 Å². The Hall–Kier alpha value is -3.16. The maximum Gasteiger partial charge on any atom is 0.243 e. The third-order valence-corrected chi connectivity index (χ3v) is 7.26. The zero-order valence-corrected chi connectivity index (χ0v) is 19.4. The summed E-state index contributed by atoms with van der Waals surface area (Å²) in [6, 6.07) is 22.3. The molecule has 0 aliphatic rings. The van der Waals surface area contributed by atoms with Crippen molar-refractivity contribution in [3.05, 3.63) is 78.4 Å². The van der Waals surface area contributed by atoms with Crippen molar-refractivity contribution in [1.29, 1.82) is 0 Å². The SMILES string of the molecule is CCN(CC)S(=O)(=O)c1ccc(OC)c(NC(=O)Cc2ccc(-c3ccccc3)cc2)c1. The Morgan fingerprint density at radius 3 is 2.12 bits per heavy atom. The summed E-state index contributed by atoms with van der Waals surface area (Å²) in [7, 11) is -2.17. The van der Waals surface area contributed by atoms with Gasteiger partial charge in [0.1, 0.15) is 5.75 Å². The van der Waals surface area contributed by atoms with E-state index in [1.54, 1.807) is 19.9 Å². The Balaban J connectivity index is 1.77. The number of anilines is 1. The Morgan fingerprint density at radius 1 is 0.906 bits per heavy atom. The van der Waals surface area contributed by atoms with E-state index < -0.39 is 10.0 Å². The molecule has 0 aliphatic heterocycles. The first-order chi connectivity index (χ1) is 15.4. The van der Waals surface area contributed by atoms with Crippen LogP contribution in [0.15, 0.2) is 77.7 Å². The van der Waals surface area contributed by atoms with Crippen LogP contribution in [0.3, 0.4) is 0 Å². The standard InChI is InChI=1S/C25H28N2O4S/c1-4-27(5-2)32(29,30)22-15-16-24(31-3)23(18-22)26-25(28)17-19-11-13-21(14-12-19)20-9-7-6-8-10-20/h6-16,18H,4-5,17H2,1-3H3,(H,26,28). The van der Waals surface area contributed by atoms with Gasteiger partial charge in [0.25, 0.3) is 0 Å². The lowest BCUT2D eigenvalue weighted by molar-refractivity contribution is -0.115. The van der Waals surface area contributed by atoms with Crippen LogP contribution in [0.1, 0.15) is 19.4 Å². The Bertz CT molecular complexity index is 1160. The van der Waals surface area contributed by atoms with Gasteiger partial charge in [-0.15, -0.1) is 0 Å². The number of hydrogen-bond donors (Lipinski definition) is 1. The first kappa shape index (κ1) is 23.5. The van der Waals surface area contributed by atoms with E-state index in [4.69, 9.17) is 4.74 Å². The lowest BCUT2D eigenvalue weighted by Gasteiger charge is -2.19. The highest BCUT2D eigenvalue weighted by atomic mass is 32.2. The third-order valence-electron chi connectivity index (χ3n) is 5.21. The normalized spacial score (nSPS) is 11.4. The summed E-state index contributed by atoms with van der Waals surface area (Å²) in [5, 5.41) is 2.80. The highest BCUT2D eigenvalue weighted by Crippen LogP contribution is 2.29. The molecule has 0 aliphatic carbocycles. The molecule has 1 N–H and O–H groups in total. The van der Waals surface area contributed by atoms with E-state index in [-0.39, 0.29) is 17.2 Å². The van der Waals surface area contributed by atoms with E-state index >= 15 is 0 Å². The predicted molar refractivity (Wildman–Crippen MR) is 127 cm³/mol. The average molecular weight is 453 g/mol. The number of nitrogens with one attached hydrogen (secondary N) is 1. The van der Waals surface area contributed by atoms with Crippen LogP contribution in [0.2, 0.25) is 0 Å². The molecule has 3 rings (SSSR count). The number of sulfonamides is 1. The van der Waals surface area contributed by atoms with Crippen LogP contribution in [-0.4, -0.2) is 38.8 Å². The molecule has 7 heteroatoms. The molecule has 0 radical (unpaired) electrons. The maximum atomic E-state index is 12.8. The molecule has 0 aromatic heterocycles. The number of amides is 1. The molecule has 32 heavy (non-hydrogen) atoms. The molecule has 168 valence electrons. The van der Waals surface area contributed by atoms with Crippen LogP contribution in [0, 0.1) is 0 Å². The second-order valence-electron chi connectivity index (χ2n) is 7.24. The molecule has 0 bridgehead atoms. The summed E-state index contributed by atoms with van der Waals surface area (Å²) in [5.74, 6) is 0.143. The highest BCUT2D eigenvalue weighted by molar-refractivity contribution is 7.89. The molecule has 0 heterocycles. The van der Waals surface area contributed by atoms with E-state index in [9.17, 15) is 13.2 Å². The van der Waals surface area contributed by atoms with Crippen LogP contribution in [0.5, 0.6) is 5.75 Å². The van der Waals surface area contributed by atoms with Crippen LogP contribution in [0.4, 0.5) is 5.69 Å². The van der Waals surface area contributed by atoms with E-state index in [1.807, 2.05) is 54.6 Å². The van der Waals surface area contributed by atoms with Crippen molar-refractivity contribution in [2.45, 2.75) is 25.2 Å². The van der Waals surface area contributed by atoms with E-state index in [1.165, 1.54) is 23.5 Å². The van der Waals surface area contributed by atoms with Gasteiger partial charge in [-0.25, -0.2) is 8.42 Å². The number of rotatable bonds is 9. The van der Waals surface area contributed by atoms with Gasteiger partial charge in [0, 0.05) is 13.1 Å². The van der Waals surface area contributed by atoms with E-state index in [0.717, 1.165) is 16.7 Å². The number of methoxy groups -OCH3 is 1. The van der Waals surface area contributed by atoms with Gasteiger partial charge in [0.2, 0.25) is 15.9 Å². The van der Waals surface area contributed by atoms with Gasteiger partial charge in [-0.1, -0.05) is 68.4 Å². The minimum atomic E-state index is -3.65. The van der Waals surface area contributed by atoms with Gasteiger partial charge in [-0.05, 0) is 34.9 Å². The van der Waals surface area contributed by atoms with E-state index in [0.29, 0.717) is 24.5 Å². The van der Waals surface area contributed by atoms with Crippen molar-refractivity contribution >= 4 is 21.6 Å². The zero-order chi connectivity index (χ0) is 23.1. The molecule has 0 atom stereocenters. The summed E-state index contributed by atoms with van der Waals surface area (Å²) in [5.41, 5.74) is 3.37. The number of nitrogens with zero attached hydrogens (tertiary/aromatic N) is 1. The molecular formula is C25H28N2O4S. The molecule has 3 aromatic carbocycles. The average Bonchev–Trinajstić information content (AvgIpc) is 2.80. The van der Waals surface area contributed by atoms with Gasteiger partial charge < -0.3 is 10.1 Å². The van der Waals surface area contributed by atoms with Crippen molar-refractivity contribution in [1.82, 2.24) is 4.31 Å². The fraction of sp³-hybridized carbons (Fsp3) is 0.240. The summed E-state index contributed by atoms with van der Waals surface area (Å²) in [6.45, 7) is 4.31. The first-order valence-electron chi connectivity index (χ1n) is 10.5. The molecule has 0 fully saturated rings. The molecule has 6 nitrogen and oxygen atoms in total. The number of benzene rings is 3. The topological polar surface area (TPSA) is 75.7 Å². The molecule has 3 aromatic rings. The van der Waals surface area contributed by atoms with Crippen LogP contribution < -0.4 is 10.1 Å². The summed E-state index contributed by atoms with van der Waals surface area (Å²) in [6.07, 6.45) is 0.158. The summed E-state index contributed by atoms with van der Waals surface area (Å²) >= 11 is 0. The van der Waals surface area contributed by atoms with Gasteiger partial charge >= 0.3 is 0 Å². The van der Waals surface area contributed by atoms with Gasteiger partial charge in [0.05, 0.1) is 24.1 Å². The minimum absolute atomic E-state index is 0.115. The fourth-order valence-corrected chi connectivity index (χ4v) is 4.97. The molecule has 0 unspecified atom stereocenters. The predicted octanol–water partition coefficient (Wildman–Crippen LogP) is 4.57. The largest absolute Gasteiger partial charge is 0.495 e. The van der Waals surface area contributed by atoms with Gasteiger partial charge in [-0.2, -0.15) is 4.31 Å². The Morgan fingerprint density at radius 2 is 1.53 bits per heavy atom. The third kappa shape index (κ3) is 5.36. The Labute approximate surface area is 189 Å². The zero-order valence-electron chi connectivity index (χ0n) is 18.5. The Kier molecular flexibility index (Phi) is 7.66. The van der Waals surface area contributed by atoms with E-state index in [2.05, 4.69) is 5.32 Å². The molecule has 0 saturated carbocycles. The quantitative estimate of drug-likeness (QED) is 0.516. The monoisotopic (exact) mass is 452 g/mol. The molecule has 1 amide bonds.